The quantitative estimate of drug-likeness (QED) is 0.442. The van der Waals surface area contributed by atoms with Crippen molar-refractivity contribution in [2.45, 2.75) is 32.7 Å². The third-order valence-corrected chi connectivity index (χ3v) is 6.64. The van der Waals surface area contributed by atoms with Crippen LogP contribution in [0.15, 0.2) is 61.3 Å². The highest BCUT2D eigenvalue weighted by molar-refractivity contribution is 6.31. The lowest BCUT2D eigenvalue weighted by Crippen LogP contribution is -2.58. The summed E-state index contributed by atoms with van der Waals surface area (Å²) in [6.07, 6.45) is 0.757. The number of H-pyrrole nitrogens is 1. The average Bonchev–Trinajstić information content (AvgIpc) is 3.05. The second kappa shape index (κ2) is 8.29. The second-order valence-electron chi connectivity index (χ2n) is 9.05. The highest BCUT2D eigenvalue weighted by Gasteiger charge is 2.34. The van der Waals surface area contributed by atoms with Gasteiger partial charge in [-0.15, -0.1) is 0 Å². The van der Waals surface area contributed by atoms with Gasteiger partial charge in [0, 0.05) is 64.1 Å². The van der Waals surface area contributed by atoms with Crippen LogP contribution in [0.5, 0.6) is 0 Å². The highest BCUT2D eigenvalue weighted by Crippen LogP contribution is 2.34. The molecule has 1 fully saturated rings. The standard InChI is InChI=1S/C26H29Cl2N3/c1-17(2)25-23(22-15-20(28)8-11-24(22)29-25)14-18(3)31-13-12-30(16-26(31,4)5)21-9-6-19(27)7-10-21/h6-11,15,29H,1,3,12-14,16H2,2,4-5H3. The van der Waals surface area contributed by atoms with Crippen LogP contribution >= 0.6 is 23.2 Å². The fourth-order valence-corrected chi connectivity index (χ4v) is 4.98. The lowest BCUT2D eigenvalue weighted by molar-refractivity contribution is 0.145. The zero-order valence-corrected chi connectivity index (χ0v) is 19.9. The van der Waals surface area contributed by atoms with Crippen molar-refractivity contribution in [2.24, 2.45) is 0 Å². The molecule has 31 heavy (non-hydrogen) atoms. The lowest BCUT2D eigenvalue weighted by Gasteiger charge is -2.50. The summed E-state index contributed by atoms with van der Waals surface area (Å²) in [6.45, 7) is 18.1. The second-order valence-corrected chi connectivity index (χ2v) is 9.93. The van der Waals surface area contributed by atoms with Crippen molar-refractivity contribution in [3.05, 3.63) is 82.6 Å². The van der Waals surface area contributed by atoms with E-state index in [4.69, 9.17) is 23.2 Å². The number of nitrogens with zero attached hydrogens (tertiary/aromatic N) is 2. The van der Waals surface area contributed by atoms with E-state index in [-0.39, 0.29) is 5.54 Å². The van der Waals surface area contributed by atoms with Crippen molar-refractivity contribution in [2.75, 3.05) is 24.5 Å². The summed E-state index contributed by atoms with van der Waals surface area (Å²) in [7, 11) is 0. The Morgan fingerprint density at radius 1 is 1.03 bits per heavy atom. The smallest absolute Gasteiger partial charge is 0.0518 e. The molecule has 0 bridgehead atoms. The van der Waals surface area contributed by atoms with Gasteiger partial charge in [0.1, 0.15) is 0 Å². The number of anilines is 1. The van der Waals surface area contributed by atoms with Gasteiger partial charge in [-0.3, -0.25) is 0 Å². The topological polar surface area (TPSA) is 22.3 Å². The molecule has 3 aromatic rings. The third-order valence-electron chi connectivity index (χ3n) is 6.15. The van der Waals surface area contributed by atoms with E-state index >= 15 is 0 Å². The van der Waals surface area contributed by atoms with Crippen LogP contribution < -0.4 is 4.90 Å². The predicted molar refractivity (Wildman–Crippen MR) is 135 cm³/mol. The van der Waals surface area contributed by atoms with Crippen LogP contribution in [0.1, 0.15) is 32.0 Å². The molecule has 1 aliphatic rings. The summed E-state index contributed by atoms with van der Waals surface area (Å²) in [5.41, 5.74) is 6.66. The van der Waals surface area contributed by atoms with E-state index in [1.54, 1.807) is 0 Å². The molecular weight excluding hydrogens is 425 g/mol. The number of rotatable bonds is 5. The Hall–Kier alpha value is -2.36. The average molecular weight is 454 g/mol. The SMILES string of the molecule is C=C(C)c1[nH]c2ccc(Cl)cc2c1CC(=C)N1CCN(c2ccc(Cl)cc2)CC1(C)C. The first-order valence-electron chi connectivity index (χ1n) is 10.6. The Morgan fingerprint density at radius 2 is 1.71 bits per heavy atom. The minimum absolute atomic E-state index is 0.0535. The number of hydrogen-bond acceptors (Lipinski definition) is 2. The zero-order chi connectivity index (χ0) is 22.3. The Morgan fingerprint density at radius 3 is 2.35 bits per heavy atom. The number of halogens is 2. The van der Waals surface area contributed by atoms with E-state index in [0.717, 1.165) is 64.0 Å². The van der Waals surface area contributed by atoms with Crippen LogP contribution in [0.2, 0.25) is 10.0 Å². The van der Waals surface area contributed by atoms with E-state index in [1.807, 2.05) is 37.3 Å². The molecule has 2 heterocycles. The first-order chi connectivity index (χ1) is 14.7. The van der Waals surface area contributed by atoms with Crippen molar-refractivity contribution in [3.8, 4) is 0 Å². The molecule has 162 valence electrons. The van der Waals surface area contributed by atoms with Gasteiger partial charge in [0.05, 0.1) is 5.54 Å². The molecule has 1 aliphatic heterocycles. The summed E-state index contributed by atoms with van der Waals surface area (Å²) < 4.78 is 0. The van der Waals surface area contributed by atoms with Crippen LogP contribution in [0.25, 0.3) is 16.5 Å². The monoisotopic (exact) mass is 453 g/mol. The number of piperazine rings is 1. The molecule has 1 N–H and O–H groups in total. The largest absolute Gasteiger partial charge is 0.367 e. The van der Waals surface area contributed by atoms with Gasteiger partial charge in [0.15, 0.2) is 0 Å². The van der Waals surface area contributed by atoms with Crippen LogP contribution in [-0.2, 0) is 6.42 Å². The van der Waals surface area contributed by atoms with E-state index < -0.39 is 0 Å². The first-order valence-corrected chi connectivity index (χ1v) is 11.3. The van der Waals surface area contributed by atoms with Crippen LogP contribution in [0, 0.1) is 0 Å². The molecule has 0 spiro atoms. The molecule has 0 unspecified atom stereocenters. The highest BCUT2D eigenvalue weighted by atomic mass is 35.5. The number of hydrogen-bond donors (Lipinski definition) is 1. The fraction of sp³-hybridized carbons (Fsp3) is 0.308. The Bertz CT molecular complexity index is 1140. The molecule has 0 saturated carbocycles. The molecule has 3 nitrogen and oxygen atoms in total. The van der Waals surface area contributed by atoms with Crippen molar-refractivity contribution in [1.29, 1.82) is 0 Å². The van der Waals surface area contributed by atoms with E-state index in [9.17, 15) is 0 Å². The Kier molecular flexibility index (Phi) is 5.85. The minimum Gasteiger partial charge on any atom is -0.367 e. The summed E-state index contributed by atoms with van der Waals surface area (Å²) in [5, 5.41) is 2.65. The van der Waals surface area contributed by atoms with Crippen LogP contribution in [0.4, 0.5) is 5.69 Å². The summed E-state index contributed by atoms with van der Waals surface area (Å²) in [6, 6.07) is 14.1. The number of fused-ring (bicyclic) bond motifs is 1. The van der Waals surface area contributed by atoms with E-state index in [0.29, 0.717) is 0 Å². The van der Waals surface area contributed by atoms with Gasteiger partial charge < -0.3 is 14.8 Å². The molecule has 1 aromatic heterocycles. The van der Waals surface area contributed by atoms with Gasteiger partial charge in [-0.2, -0.15) is 0 Å². The first kappa shape index (κ1) is 21.9. The molecule has 5 heteroatoms. The van der Waals surface area contributed by atoms with Crippen molar-refractivity contribution >= 4 is 45.4 Å². The molecule has 4 rings (SSSR count). The number of allylic oxidation sites excluding steroid dienone is 2. The van der Waals surface area contributed by atoms with Crippen molar-refractivity contribution < 1.29 is 0 Å². The molecule has 0 aliphatic carbocycles. The maximum atomic E-state index is 6.31. The summed E-state index contributed by atoms with van der Waals surface area (Å²) >= 11 is 12.4. The predicted octanol–water partition coefficient (Wildman–Crippen LogP) is 7.16. The van der Waals surface area contributed by atoms with Gasteiger partial charge in [-0.05, 0) is 74.4 Å². The molecular formula is C26H29Cl2N3. The maximum Gasteiger partial charge on any atom is 0.0518 e. The van der Waals surface area contributed by atoms with E-state index in [1.165, 1.54) is 11.3 Å². The zero-order valence-electron chi connectivity index (χ0n) is 18.4. The minimum atomic E-state index is -0.0535. The Labute approximate surface area is 194 Å². The molecule has 0 radical (unpaired) electrons. The fourth-order valence-electron chi connectivity index (χ4n) is 4.68. The van der Waals surface area contributed by atoms with Gasteiger partial charge in [0.2, 0.25) is 0 Å². The van der Waals surface area contributed by atoms with Crippen molar-refractivity contribution in [3.63, 3.8) is 0 Å². The van der Waals surface area contributed by atoms with Crippen molar-refractivity contribution in [1.82, 2.24) is 9.88 Å². The Balaban J connectivity index is 1.58. The van der Waals surface area contributed by atoms with Crippen LogP contribution in [0.3, 0.4) is 0 Å². The van der Waals surface area contributed by atoms with Crippen LogP contribution in [-0.4, -0.2) is 35.1 Å². The van der Waals surface area contributed by atoms with Gasteiger partial charge >= 0.3 is 0 Å². The normalized spacial score (nSPS) is 16.0. The molecule has 0 atom stereocenters. The lowest BCUT2D eigenvalue weighted by atomic mass is 9.95. The van der Waals surface area contributed by atoms with Gasteiger partial charge in [-0.1, -0.05) is 36.4 Å². The number of aromatic nitrogens is 1. The molecule has 1 saturated heterocycles. The number of aromatic amines is 1. The number of nitrogens with one attached hydrogen (secondary N) is 1. The summed E-state index contributed by atoms with van der Waals surface area (Å²) in [4.78, 5) is 8.39. The maximum absolute atomic E-state index is 6.31. The molecule has 2 aromatic carbocycles. The third kappa shape index (κ3) is 4.35. The van der Waals surface area contributed by atoms with E-state index in [2.05, 4.69) is 53.9 Å². The summed E-state index contributed by atoms with van der Waals surface area (Å²) in [5.74, 6) is 0. The molecule has 0 amide bonds. The number of benzene rings is 2. The van der Waals surface area contributed by atoms with Gasteiger partial charge in [-0.25, -0.2) is 0 Å². The van der Waals surface area contributed by atoms with Gasteiger partial charge in [0.25, 0.3) is 0 Å².